The summed E-state index contributed by atoms with van der Waals surface area (Å²) in [6.45, 7) is 5.16. The first-order valence-electron chi connectivity index (χ1n) is 8.12. The van der Waals surface area contributed by atoms with Crippen molar-refractivity contribution >= 4 is 17.5 Å². The average molecular weight is 331 g/mol. The van der Waals surface area contributed by atoms with E-state index in [0.29, 0.717) is 30.9 Å². The van der Waals surface area contributed by atoms with E-state index >= 15 is 0 Å². The molecule has 3 rings (SSSR count). The van der Waals surface area contributed by atoms with Crippen molar-refractivity contribution in [3.63, 3.8) is 0 Å². The van der Waals surface area contributed by atoms with E-state index in [-0.39, 0.29) is 17.8 Å². The second kappa shape index (κ2) is 6.96. The van der Waals surface area contributed by atoms with E-state index in [2.05, 4.69) is 15.5 Å². The fourth-order valence-corrected chi connectivity index (χ4v) is 2.95. The molecule has 1 saturated heterocycles. The highest BCUT2D eigenvalue weighted by Crippen LogP contribution is 2.17. The highest BCUT2D eigenvalue weighted by atomic mass is 16.5. The molecular weight excluding hydrogens is 310 g/mol. The Balaban J connectivity index is 1.69. The molecule has 3 heterocycles. The number of aromatic nitrogens is 3. The van der Waals surface area contributed by atoms with Crippen LogP contribution in [0.3, 0.4) is 0 Å². The summed E-state index contributed by atoms with van der Waals surface area (Å²) in [4.78, 5) is 28.7. The molecule has 24 heavy (non-hydrogen) atoms. The third-order valence-corrected chi connectivity index (χ3v) is 4.20. The Kier molecular flexibility index (Phi) is 4.75. The molecule has 0 aromatic carbocycles. The lowest BCUT2D eigenvalue weighted by Gasteiger charge is -2.31. The number of amides is 1. The molecule has 1 aliphatic heterocycles. The van der Waals surface area contributed by atoms with Crippen LogP contribution in [0.5, 0.6) is 0 Å². The van der Waals surface area contributed by atoms with E-state index in [1.54, 1.807) is 34.9 Å². The van der Waals surface area contributed by atoms with Crippen molar-refractivity contribution in [3.8, 4) is 0 Å². The SMILES string of the molecule is CCOC(=O)C1CCCN(NC(=O)c2cnc3ccnn3c2C)C1. The molecule has 1 atom stereocenters. The van der Waals surface area contributed by atoms with Gasteiger partial charge in [-0.1, -0.05) is 0 Å². The molecular formula is C16H21N5O3. The first-order valence-corrected chi connectivity index (χ1v) is 8.12. The Morgan fingerprint density at radius 3 is 3.08 bits per heavy atom. The lowest BCUT2D eigenvalue weighted by molar-refractivity contribution is -0.150. The number of carbonyl (C=O) groups is 2. The lowest BCUT2D eigenvalue weighted by Crippen LogP contribution is -2.49. The summed E-state index contributed by atoms with van der Waals surface area (Å²) in [5.74, 6) is -0.652. The molecule has 1 fully saturated rings. The van der Waals surface area contributed by atoms with Crippen molar-refractivity contribution in [2.75, 3.05) is 19.7 Å². The monoisotopic (exact) mass is 331 g/mol. The largest absolute Gasteiger partial charge is 0.466 e. The van der Waals surface area contributed by atoms with E-state index in [1.165, 1.54) is 0 Å². The minimum Gasteiger partial charge on any atom is -0.466 e. The number of hydrogen-bond acceptors (Lipinski definition) is 6. The maximum Gasteiger partial charge on any atom is 0.310 e. The fraction of sp³-hybridized carbons (Fsp3) is 0.500. The third-order valence-electron chi connectivity index (χ3n) is 4.20. The van der Waals surface area contributed by atoms with Crippen LogP contribution in [0.25, 0.3) is 5.65 Å². The van der Waals surface area contributed by atoms with Gasteiger partial charge in [-0.15, -0.1) is 0 Å². The zero-order valence-electron chi connectivity index (χ0n) is 13.9. The second-order valence-electron chi connectivity index (χ2n) is 5.84. The van der Waals surface area contributed by atoms with Crippen LogP contribution < -0.4 is 5.43 Å². The summed E-state index contributed by atoms with van der Waals surface area (Å²) in [6.07, 6.45) is 4.81. The topological polar surface area (TPSA) is 88.8 Å². The van der Waals surface area contributed by atoms with Crippen molar-refractivity contribution in [3.05, 3.63) is 29.7 Å². The number of nitrogens with zero attached hydrogens (tertiary/aromatic N) is 4. The van der Waals surface area contributed by atoms with Crippen LogP contribution >= 0.6 is 0 Å². The number of hydrazine groups is 1. The van der Waals surface area contributed by atoms with Gasteiger partial charge in [-0.25, -0.2) is 14.5 Å². The summed E-state index contributed by atoms with van der Waals surface area (Å²) in [5, 5.41) is 5.94. The van der Waals surface area contributed by atoms with Crippen LogP contribution in [0.15, 0.2) is 18.5 Å². The highest BCUT2D eigenvalue weighted by molar-refractivity contribution is 5.94. The van der Waals surface area contributed by atoms with E-state index in [1.807, 2.05) is 6.92 Å². The average Bonchev–Trinajstić information content (AvgIpc) is 3.05. The zero-order chi connectivity index (χ0) is 17.1. The number of rotatable bonds is 4. The van der Waals surface area contributed by atoms with Crippen molar-refractivity contribution in [1.82, 2.24) is 25.0 Å². The maximum atomic E-state index is 12.6. The molecule has 2 aromatic heterocycles. The maximum absolute atomic E-state index is 12.6. The Morgan fingerprint density at radius 1 is 1.46 bits per heavy atom. The van der Waals surface area contributed by atoms with Crippen LogP contribution in [0, 0.1) is 12.8 Å². The summed E-state index contributed by atoms with van der Waals surface area (Å²) < 4.78 is 6.71. The third kappa shape index (κ3) is 3.23. The van der Waals surface area contributed by atoms with Crippen molar-refractivity contribution in [2.24, 2.45) is 5.92 Å². The van der Waals surface area contributed by atoms with Gasteiger partial charge in [-0.3, -0.25) is 15.0 Å². The van der Waals surface area contributed by atoms with Gasteiger partial charge >= 0.3 is 5.97 Å². The fourth-order valence-electron chi connectivity index (χ4n) is 2.95. The van der Waals surface area contributed by atoms with Gasteiger partial charge in [0, 0.05) is 25.4 Å². The minimum absolute atomic E-state index is 0.202. The molecule has 8 nitrogen and oxygen atoms in total. The van der Waals surface area contributed by atoms with Gasteiger partial charge in [0.2, 0.25) is 0 Å². The number of carbonyl (C=O) groups excluding carboxylic acids is 2. The standard InChI is InChI=1S/C16H21N5O3/c1-3-24-16(23)12-5-4-8-20(10-12)19-15(22)13-9-17-14-6-7-18-21(14)11(13)2/h6-7,9,12H,3-5,8,10H2,1-2H3,(H,19,22). The molecule has 1 N–H and O–H groups in total. The van der Waals surface area contributed by atoms with E-state index in [4.69, 9.17) is 4.74 Å². The molecule has 1 unspecified atom stereocenters. The first-order chi connectivity index (χ1) is 11.6. The molecule has 0 aliphatic carbocycles. The molecule has 0 radical (unpaired) electrons. The summed E-state index contributed by atoms with van der Waals surface area (Å²) in [7, 11) is 0. The molecule has 8 heteroatoms. The van der Waals surface area contributed by atoms with Crippen molar-refractivity contribution in [2.45, 2.75) is 26.7 Å². The van der Waals surface area contributed by atoms with Crippen LogP contribution in [-0.4, -0.2) is 51.2 Å². The number of ether oxygens (including phenoxy) is 1. The van der Waals surface area contributed by atoms with Gasteiger partial charge in [-0.05, 0) is 26.7 Å². The number of hydrogen-bond donors (Lipinski definition) is 1. The molecule has 0 spiro atoms. The highest BCUT2D eigenvalue weighted by Gasteiger charge is 2.28. The first kappa shape index (κ1) is 16.4. The van der Waals surface area contributed by atoms with Crippen molar-refractivity contribution < 1.29 is 14.3 Å². The van der Waals surface area contributed by atoms with Gasteiger partial charge in [-0.2, -0.15) is 5.10 Å². The van der Waals surface area contributed by atoms with Gasteiger partial charge in [0.15, 0.2) is 5.65 Å². The normalized spacial score (nSPS) is 18.5. The quantitative estimate of drug-likeness (QED) is 0.840. The Bertz CT molecular complexity index is 757. The Labute approximate surface area is 139 Å². The van der Waals surface area contributed by atoms with Crippen molar-refractivity contribution in [1.29, 1.82) is 0 Å². The summed E-state index contributed by atoms with van der Waals surface area (Å²) in [6, 6.07) is 1.78. The summed E-state index contributed by atoms with van der Waals surface area (Å²) >= 11 is 0. The zero-order valence-corrected chi connectivity index (χ0v) is 13.9. The molecule has 0 saturated carbocycles. The van der Waals surface area contributed by atoms with Gasteiger partial charge < -0.3 is 4.74 Å². The van der Waals surface area contributed by atoms with Crippen LogP contribution in [0.4, 0.5) is 0 Å². The number of aryl methyl sites for hydroxylation is 1. The van der Waals surface area contributed by atoms with Crippen LogP contribution in [0.2, 0.25) is 0 Å². The van der Waals surface area contributed by atoms with Gasteiger partial charge in [0.05, 0.1) is 30.0 Å². The van der Waals surface area contributed by atoms with Crippen LogP contribution in [-0.2, 0) is 9.53 Å². The molecule has 2 aromatic rings. The molecule has 0 bridgehead atoms. The smallest absolute Gasteiger partial charge is 0.310 e. The number of fused-ring (bicyclic) bond motifs is 1. The van der Waals surface area contributed by atoms with E-state index in [9.17, 15) is 9.59 Å². The minimum atomic E-state index is -0.248. The predicted octanol–water partition coefficient (Wildman–Crippen LogP) is 0.958. The molecule has 1 amide bonds. The van der Waals surface area contributed by atoms with E-state index < -0.39 is 0 Å². The number of nitrogens with one attached hydrogen (secondary N) is 1. The Morgan fingerprint density at radius 2 is 2.29 bits per heavy atom. The lowest BCUT2D eigenvalue weighted by atomic mass is 9.99. The predicted molar refractivity (Wildman–Crippen MR) is 86.1 cm³/mol. The van der Waals surface area contributed by atoms with Gasteiger partial charge in [0.25, 0.3) is 5.91 Å². The molecule has 1 aliphatic rings. The van der Waals surface area contributed by atoms with Crippen LogP contribution in [0.1, 0.15) is 35.8 Å². The summed E-state index contributed by atoms with van der Waals surface area (Å²) in [5.41, 5.74) is 4.75. The Hall–Kier alpha value is -2.48. The second-order valence-corrected chi connectivity index (χ2v) is 5.84. The van der Waals surface area contributed by atoms with E-state index in [0.717, 1.165) is 18.5 Å². The number of piperidine rings is 1. The number of esters is 1. The van der Waals surface area contributed by atoms with Gasteiger partial charge in [0.1, 0.15) is 0 Å². The molecule has 128 valence electrons.